The van der Waals surface area contributed by atoms with Gasteiger partial charge in [-0.25, -0.2) is 0 Å². The Balaban J connectivity index is 1.60. The van der Waals surface area contributed by atoms with Crippen LogP contribution in [0.1, 0.15) is 29.0 Å². The van der Waals surface area contributed by atoms with Crippen LogP contribution in [0.2, 0.25) is 0 Å². The van der Waals surface area contributed by atoms with E-state index in [1.807, 2.05) is 0 Å². The van der Waals surface area contributed by atoms with Crippen molar-refractivity contribution >= 4 is 11.4 Å². The van der Waals surface area contributed by atoms with Crippen molar-refractivity contribution in [1.29, 1.82) is 0 Å². The van der Waals surface area contributed by atoms with Crippen LogP contribution in [0.3, 0.4) is 0 Å². The molecule has 3 aromatic rings. The quantitative estimate of drug-likeness (QED) is 0.666. The zero-order valence-corrected chi connectivity index (χ0v) is 15.9. The first-order chi connectivity index (χ1) is 13.3. The zero-order valence-electron chi connectivity index (χ0n) is 15.9. The smallest absolute Gasteiger partial charge is 0.112 e. The third kappa shape index (κ3) is 2.54. The molecule has 0 N–H and O–H groups in total. The van der Waals surface area contributed by atoms with E-state index in [2.05, 4.69) is 108 Å². The molecule has 0 aliphatic carbocycles. The first-order valence-corrected chi connectivity index (χ1v) is 9.69. The second kappa shape index (κ2) is 6.43. The molecule has 0 fully saturated rings. The summed E-state index contributed by atoms with van der Waals surface area (Å²) < 4.78 is 0. The molecule has 0 saturated carbocycles. The summed E-state index contributed by atoms with van der Waals surface area (Å²) in [5.74, 6) is 0. The van der Waals surface area contributed by atoms with Crippen molar-refractivity contribution < 1.29 is 0 Å². The SMILES string of the molecule is CN1c2ccccc2C2N(C)c3ccccc3C1N2CCc1ccccc1. The van der Waals surface area contributed by atoms with Crippen LogP contribution in [0.4, 0.5) is 11.4 Å². The summed E-state index contributed by atoms with van der Waals surface area (Å²) in [4.78, 5) is 7.54. The van der Waals surface area contributed by atoms with Gasteiger partial charge >= 0.3 is 0 Å². The molecule has 0 radical (unpaired) electrons. The lowest BCUT2D eigenvalue weighted by Crippen LogP contribution is -2.55. The molecule has 2 bridgehead atoms. The molecule has 27 heavy (non-hydrogen) atoms. The van der Waals surface area contributed by atoms with E-state index in [1.165, 1.54) is 28.1 Å². The summed E-state index contributed by atoms with van der Waals surface area (Å²) >= 11 is 0. The van der Waals surface area contributed by atoms with Gasteiger partial charge in [0.1, 0.15) is 12.3 Å². The van der Waals surface area contributed by atoms with Gasteiger partial charge in [0.2, 0.25) is 0 Å². The molecular weight excluding hydrogens is 330 g/mol. The number of rotatable bonds is 3. The van der Waals surface area contributed by atoms with Crippen molar-refractivity contribution in [2.24, 2.45) is 0 Å². The molecule has 136 valence electrons. The predicted octanol–water partition coefficient (Wildman–Crippen LogP) is 4.83. The van der Waals surface area contributed by atoms with E-state index in [0.29, 0.717) is 0 Å². The molecule has 2 aliphatic rings. The van der Waals surface area contributed by atoms with Crippen LogP contribution in [0, 0.1) is 0 Å². The number of fused-ring (bicyclic) bond motifs is 6. The fourth-order valence-electron chi connectivity index (χ4n) is 4.82. The van der Waals surface area contributed by atoms with Crippen LogP contribution in [0.5, 0.6) is 0 Å². The van der Waals surface area contributed by atoms with Crippen LogP contribution in [0.15, 0.2) is 78.9 Å². The summed E-state index contributed by atoms with van der Waals surface area (Å²) in [5.41, 5.74) is 6.85. The summed E-state index contributed by atoms with van der Waals surface area (Å²) in [6.45, 7) is 1.02. The van der Waals surface area contributed by atoms with Crippen LogP contribution in [-0.2, 0) is 6.42 Å². The minimum Gasteiger partial charge on any atom is -0.354 e. The first kappa shape index (κ1) is 16.4. The van der Waals surface area contributed by atoms with Crippen molar-refractivity contribution in [3.63, 3.8) is 0 Å². The molecule has 0 saturated heterocycles. The molecule has 2 unspecified atom stereocenters. The lowest BCUT2D eigenvalue weighted by molar-refractivity contribution is 0.109. The van der Waals surface area contributed by atoms with Crippen molar-refractivity contribution in [1.82, 2.24) is 4.90 Å². The lowest BCUT2D eigenvalue weighted by Gasteiger charge is -2.56. The van der Waals surface area contributed by atoms with E-state index < -0.39 is 0 Å². The number of benzene rings is 3. The van der Waals surface area contributed by atoms with Crippen molar-refractivity contribution in [3.8, 4) is 0 Å². The zero-order chi connectivity index (χ0) is 18.4. The van der Waals surface area contributed by atoms with Gasteiger partial charge in [-0.3, -0.25) is 4.90 Å². The topological polar surface area (TPSA) is 9.72 Å². The van der Waals surface area contributed by atoms with Crippen molar-refractivity contribution in [2.45, 2.75) is 18.8 Å². The fraction of sp³-hybridized carbons (Fsp3) is 0.250. The van der Waals surface area contributed by atoms with Crippen LogP contribution in [0.25, 0.3) is 0 Å². The highest BCUT2D eigenvalue weighted by Gasteiger charge is 2.44. The van der Waals surface area contributed by atoms with Gasteiger partial charge in [-0.1, -0.05) is 66.7 Å². The number of hydrogen-bond acceptors (Lipinski definition) is 3. The van der Waals surface area contributed by atoms with Crippen molar-refractivity contribution in [3.05, 3.63) is 95.6 Å². The highest BCUT2D eigenvalue weighted by Crippen LogP contribution is 2.51. The second-order valence-corrected chi connectivity index (χ2v) is 7.56. The summed E-state index contributed by atoms with van der Waals surface area (Å²) in [7, 11) is 4.47. The molecule has 2 heterocycles. The van der Waals surface area contributed by atoms with Gasteiger partial charge in [-0.05, 0) is 24.1 Å². The van der Waals surface area contributed by atoms with E-state index in [0.717, 1.165) is 13.0 Å². The Hall–Kier alpha value is -2.78. The number of para-hydroxylation sites is 2. The fourth-order valence-corrected chi connectivity index (χ4v) is 4.82. The average Bonchev–Trinajstić information content (AvgIpc) is 2.72. The van der Waals surface area contributed by atoms with Gasteiger partial charge in [0.25, 0.3) is 0 Å². The molecule has 2 aliphatic heterocycles. The third-order valence-electron chi connectivity index (χ3n) is 6.05. The largest absolute Gasteiger partial charge is 0.354 e. The molecule has 3 heteroatoms. The maximum atomic E-state index is 2.65. The Morgan fingerprint density at radius 3 is 1.67 bits per heavy atom. The summed E-state index contributed by atoms with van der Waals surface area (Å²) in [6, 6.07) is 28.5. The first-order valence-electron chi connectivity index (χ1n) is 9.69. The normalized spacial score (nSPS) is 21.0. The van der Waals surface area contributed by atoms with Gasteiger partial charge in [0.15, 0.2) is 0 Å². The minimum absolute atomic E-state index is 0.265. The maximum absolute atomic E-state index is 2.65. The lowest BCUT2D eigenvalue weighted by atomic mass is 9.93. The van der Waals surface area contributed by atoms with E-state index in [-0.39, 0.29) is 12.3 Å². The average molecular weight is 355 g/mol. The standard InChI is InChI=1S/C24H25N3/c1-25-21-14-8-6-12-19(21)24-26(2)22-15-9-7-13-20(22)23(25)27(24)17-16-18-10-4-3-5-11-18/h3-15,23-24H,16-17H2,1-2H3. The van der Waals surface area contributed by atoms with Gasteiger partial charge in [0, 0.05) is 43.1 Å². The molecular formula is C24H25N3. The van der Waals surface area contributed by atoms with E-state index in [1.54, 1.807) is 0 Å². The van der Waals surface area contributed by atoms with Crippen molar-refractivity contribution in [2.75, 3.05) is 30.4 Å². The van der Waals surface area contributed by atoms with E-state index in [9.17, 15) is 0 Å². The summed E-state index contributed by atoms with van der Waals surface area (Å²) in [5, 5.41) is 0. The Morgan fingerprint density at radius 1 is 0.630 bits per heavy atom. The molecule has 0 spiro atoms. The highest BCUT2D eigenvalue weighted by atomic mass is 15.5. The van der Waals surface area contributed by atoms with E-state index in [4.69, 9.17) is 0 Å². The Labute approximate surface area is 161 Å². The highest BCUT2D eigenvalue weighted by molar-refractivity contribution is 5.68. The van der Waals surface area contributed by atoms with E-state index >= 15 is 0 Å². The molecule has 5 rings (SSSR count). The molecule has 0 amide bonds. The van der Waals surface area contributed by atoms with Gasteiger partial charge in [-0.15, -0.1) is 0 Å². The van der Waals surface area contributed by atoms with Gasteiger partial charge in [0.05, 0.1) is 0 Å². The number of anilines is 2. The molecule has 3 nitrogen and oxygen atoms in total. The van der Waals surface area contributed by atoms with Crippen LogP contribution in [-0.4, -0.2) is 25.5 Å². The second-order valence-electron chi connectivity index (χ2n) is 7.56. The Kier molecular flexibility index (Phi) is 3.91. The van der Waals surface area contributed by atoms with Crippen LogP contribution < -0.4 is 9.80 Å². The van der Waals surface area contributed by atoms with Gasteiger partial charge < -0.3 is 9.80 Å². The molecule has 3 aromatic carbocycles. The van der Waals surface area contributed by atoms with Crippen LogP contribution >= 0.6 is 0 Å². The third-order valence-corrected chi connectivity index (χ3v) is 6.05. The molecule has 0 aromatic heterocycles. The number of hydrogen-bond donors (Lipinski definition) is 0. The minimum atomic E-state index is 0.265. The monoisotopic (exact) mass is 355 g/mol. The Morgan fingerprint density at radius 2 is 1.11 bits per heavy atom. The summed E-state index contributed by atoms with van der Waals surface area (Å²) in [6.07, 6.45) is 1.59. The predicted molar refractivity (Wildman–Crippen MR) is 112 cm³/mol. The Bertz CT molecular complexity index is 895. The molecule has 2 atom stereocenters. The number of nitrogens with zero attached hydrogens (tertiary/aromatic N) is 3. The maximum Gasteiger partial charge on any atom is 0.112 e. The van der Waals surface area contributed by atoms with Gasteiger partial charge in [-0.2, -0.15) is 0 Å².